The molecule has 142 valence electrons. The molecule has 0 aromatic heterocycles. The van der Waals surface area contributed by atoms with E-state index in [1.54, 1.807) is 0 Å². The van der Waals surface area contributed by atoms with E-state index >= 15 is 0 Å². The molecule has 0 saturated carbocycles. The van der Waals surface area contributed by atoms with Gasteiger partial charge in [0.15, 0.2) is 0 Å². The zero-order chi connectivity index (χ0) is 18.7. The minimum atomic E-state index is -0.542. The maximum atomic E-state index is 12.7. The molecule has 0 radical (unpaired) electrons. The number of aliphatic hydroxyl groups is 1. The van der Waals surface area contributed by atoms with Crippen molar-refractivity contribution in [1.82, 2.24) is 4.90 Å². The molecule has 1 fully saturated rings. The van der Waals surface area contributed by atoms with Crippen LogP contribution in [0.25, 0.3) is 0 Å². The van der Waals surface area contributed by atoms with Gasteiger partial charge in [0.1, 0.15) is 18.5 Å². The molecule has 0 aliphatic carbocycles. The van der Waals surface area contributed by atoms with E-state index in [1.165, 1.54) is 5.56 Å². The lowest BCUT2D eigenvalue weighted by molar-refractivity contribution is -0.129. The summed E-state index contributed by atoms with van der Waals surface area (Å²) in [7, 11) is 0. The van der Waals surface area contributed by atoms with E-state index in [0.29, 0.717) is 6.54 Å². The highest BCUT2D eigenvalue weighted by molar-refractivity contribution is 5.98. The lowest BCUT2D eigenvalue weighted by Gasteiger charge is -2.43. The molecule has 1 saturated heterocycles. The van der Waals surface area contributed by atoms with E-state index in [9.17, 15) is 9.90 Å². The van der Waals surface area contributed by atoms with Crippen LogP contribution in [0.4, 0.5) is 5.69 Å². The van der Waals surface area contributed by atoms with Crippen molar-refractivity contribution < 1.29 is 14.6 Å². The number of carbonyl (C=O) groups excluding carboxylic acids is 1. The number of benzene rings is 2. The molecule has 2 aliphatic heterocycles. The van der Waals surface area contributed by atoms with E-state index < -0.39 is 6.10 Å². The van der Waals surface area contributed by atoms with Crippen molar-refractivity contribution in [1.29, 1.82) is 0 Å². The highest BCUT2D eigenvalue weighted by atomic mass is 16.5. The van der Waals surface area contributed by atoms with Crippen LogP contribution in [0.5, 0.6) is 5.75 Å². The lowest BCUT2D eigenvalue weighted by Crippen LogP contribution is -2.51. The molecule has 1 atom stereocenters. The number of carbonyl (C=O) groups is 1. The number of likely N-dealkylation sites (tertiary alicyclic amines) is 1. The van der Waals surface area contributed by atoms with Gasteiger partial charge in [-0.1, -0.05) is 36.4 Å². The first-order valence-electron chi connectivity index (χ1n) is 9.62. The van der Waals surface area contributed by atoms with Gasteiger partial charge in [-0.2, -0.15) is 0 Å². The summed E-state index contributed by atoms with van der Waals surface area (Å²) in [6, 6.07) is 17.6. The molecule has 2 N–H and O–H groups in total. The first kappa shape index (κ1) is 18.0. The van der Waals surface area contributed by atoms with Crippen LogP contribution >= 0.6 is 0 Å². The Balaban J connectivity index is 1.29. The summed E-state index contributed by atoms with van der Waals surface area (Å²) in [4.78, 5) is 15.0. The molecule has 2 heterocycles. The Kier molecular flexibility index (Phi) is 5.14. The minimum Gasteiger partial charge on any atom is -0.491 e. The van der Waals surface area contributed by atoms with Gasteiger partial charge in [-0.05, 0) is 56.1 Å². The quantitative estimate of drug-likeness (QED) is 0.854. The third-order valence-electron chi connectivity index (χ3n) is 5.74. The predicted molar refractivity (Wildman–Crippen MR) is 105 cm³/mol. The molecule has 5 nitrogen and oxygen atoms in total. The Labute approximate surface area is 160 Å². The predicted octanol–water partition coefficient (Wildman–Crippen LogP) is 2.70. The van der Waals surface area contributed by atoms with E-state index in [-0.39, 0.29) is 17.9 Å². The fourth-order valence-electron chi connectivity index (χ4n) is 4.12. The first-order valence-corrected chi connectivity index (χ1v) is 9.62. The molecule has 5 heteroatoms. The van der Waals surface area contributed by atoms with Crippen molar-refractivity contribution in [3.05, 3.63) is 60.2 Å². The summed E-state index contributed by atoms with van der Waals surface area (Å²) in [5, 5.41) is 13.4. The average Bonchev–Trinajstić information content (AvgIpc) is 2.70. The summed E-state index contributed by atoms with van der Waals surface area (Å²) in [6.07, 6.45) is 1.90. The van der Waals surface area contributed by atoms with Gasteiger partial charge in [0.2, 0.25) is 5.91 Å². The maximum Gasteiger partial charge on any atom is 0.231 e. The van der Waals surface area contributed by atoms with Crippen LogP contribution in [-0.4, -0.2) is 48.3 Å². The second kappa shape index (κ2) is 7.71. The Morgan fingerprint density at radius 3 is 2.56 bits per heavy atom. The summed E-state index contributed by atoms with van der Waals surface area (Å²) in [5.74, 6) is 0.917. The molecule has 27 heavy (non-hydrogen) atoms. The van der Waals surface area contributed by atoms with Gasteiger partial charge in [0.05, 0.1) is 5.41 Å². The number of aliphatic hydroxyl groups excluding tert-OH is 1. The van der Waals surface area contributed by atoms with Crippen LogP contribution in [0.15, 0.2) is 54.6 Å². The van der Waals surface area contributed by atoms with Crippen molar-refractivity contribution >= 4 is 11.6 Å². The van der Waals surface area contributed by atoms with Gasteiger partial charge < -0.3 is 20.1 Å². The van der Waals surface area contributed by atoms with Gasteiger partial charge in [0.25, 0.3) is 0 Å². The van der Waals surface area contributed by atoms with Gasteiger partial charge in [-0.3, -0.25) is 4.79 Å². The normalized spacial score (nSPS) is 20.0. The molecule has 0 bridgehead atoms. The number of β-amino-alcohol motifs (C(OH)–C–C–N with tert-alkyl or cyclic N) is 1. The third-order valence-corrected chi connectivity index (χ3v) is 5.74. The fraction of sp³-hybridized carbons (Fsp3) is 0.409. The van der Waals surface area contributed by atoms with Crippen LogP contribution in [0.1, 0.15) is 18.4 Å². The first-order chi connectivity index (χ1) is 13.1. The largest absolute Gasteiger partial charge is 0.491 e. The Hall–Kier alpha value is -2.37. The number of hydrogen-bond donors (Lipinski definition) is 2. The highest BCUT2D eigenvalue weighted by Crippen LogP contribution is 2.41. The maximum absolute atomic E-state index is 12.7. The van der Waals surface area contributed by atoms with Gasteiger partial charge in [-0.25, -0.2) is 0 Å². The lowest BCUT2D eigenvalue weighted by atomic mass is 9.71. The van der Waals surface area contributed by atoms with Crippen LogP contribution < -0.4 is 10.1 Å². The van der Waals surface area contributed by atoms with Crippen molar-refractivity contribution in [2.24, 2.45) is 5.41 Å². The number of rotatable bonds is 5. The van der Waals surface area contributed by atoms with Gasteiger partial charge in [-0.15, -0.1) is 0 Å². The van der Waals surface area contributed by atoms with Gasteiger partial charge >= 0.3 is 0 Å². The Bertz CT molecular complexity index is 785. The van der Waals surface area contributed by atoms with Crippen molar-refractivity contribution in [2.45, 2.75) is 25.4 Å². The van der Waals surface area contributed by atoms with E-state index in [2.05, 4.69) is 16.3 Å². The summed E-state index contributed by atoms with van der Waals surface area (Å²) >= 11 is 0. The second-order valence-corrected chi connectivity index (χ2v) is 7.65. The number of hydrogen-bond acceptors (Lipinski definition) is 4. The fourth-order valence-corrected chi connectivity index (χ4v) is 4.12. The summed E-state index contributed by atoms with van der Waals surface area (Å²) in [5.41, 5.74) is 1.86. The number of amides is 1. The molecular weight excluding hydrogens is 340 g/mol. The number of piperidine rings is 1. The SMILES string of the molecule is O=C1Nc2ccccc2CC12CCN(C[C@H](O)COc1ccccc1)CC2. The molecule has 1 spiro atoms. The zero-order valence-electron chi connectivity index (χ0n) is 15.4. The monoisotopic (exact) mass is 366 g/mol. The smallest absolute Gasteiger partial charge is 0.231 e. The van der Waals surface area contributed by atoms with Crippen molar-refractivity contribution in [2.75, 3.05) is 31.6 Å². The number of anilines is 1. The number of ether oxygens (including phenoxy) is 1. The van der Waals surface area contributed by atoms with Crippen molar-refractivity contribution in [3.63, 3.8) is 0 Å². The van der Waals surface area contributed by atoms with Crippen LogP contribution in [0.2, 0.25) is 0 Å². The van der Waals surface area contributed by atoms with E-state index in [0.717, 1.165) is 43.8 Å². The van der Waals surface area contributed by atoms with Crippen molar-refractivity contribution in [3.8, 4) is 5.75 Å². The number of nitrogens with zero attached hydrogens (tertiary/aromatic N) is 1. The molecule has 1 amide bonds. The molecule has 2 aliphatic rings. The second-order valence-electron chi connectivity index (χ2n) is 7.65. The number of fused-ring (bicyclic) bond motifs is 1. The minimum absolute atomic E-state index is 0.147. The van der Waals surface area contributed by atoms with Crippen LogP contribution in [0.3, 0.4) is 0 Å². The third kappa shape index (κ3) is 3.99. The molecule has 0 unspecified atom stereocenters. The highest BCUT2D eigenvalue weighted by Gasteiger charge is 2.44. The number of para-hydroxylation sites is 2. The van der Waals surface area contributed by atoms with Gasteiger partial charge in [0, 0.05) is 12.2 Å². The molecular formula is C22H26N2O3. The van der Waals surface area contributed by atoms with Crippen LogP contribution in [0, 0.1) is 5.41 Å². The standard InChI is InChI=1S/C22H26N2O3/c25-18(16-27-19-7-2-1-3-8-19)15-24-12-10-22(11-13-24)14-17-6-4-5-9-20(17)23-21(22)26/h1-9,18,25H,10-16H2,(H,23,26)/t18-/m0/s1. The zero-order valence-corrected chi connectivity index (χ0v) is 15.4. The van der Waals surface area contributed by atoms with E-state index in [4.69, 9.17) is 4.74 Å². The topological polar surface area (TPSA) is 61.8 Å². The van der Waals surface area contributed by atoms with Crippen LogP contribution in [-0.2, 0) is 11.2 Å². The number of nitrogens with one attached hydrogen (secondary N) is 1. The van der Waals surface area contributed by atoms with E-state index in [1.807, 2.05) is 48.5 Å². The molecule has 2 aromatic carbocycles. The Morgan fingerprint density at radius 1 is 1.07 bits per heavy atom. The molecule has 4 rings (SSSR count). The average molecular weight is 366 g/mol. The summed E-state index contributed by atoms with van der Waals surface area (Å²) < 4.78 is 5.63. The Morgan fingerprint density at radius 2 is 1.78 bits per heavy atom. The molecule has 2 aromatic rings. The summed E-state index contributed by atoms with van der Waals surface area (Å²) in [6.45, 7) is 2.48.